The molecule has 0 radical (unpaired) electrons. The molecular formula is C16H22N4O3. The second kappa shape index (κ2) is 6.95. The third-order valence-corrected chi connectivity index (χ3v) is 4.42. The van der Waals surface area contributed by atoms with Crippen molar-refractivity contribution in [2.45, 2.75) is 45.2 Å². The number of amides is 1. The van der Waals surface area contributed by atoms with E-state index in [9.17, 15) is 4.79 Å². The maximum Gasteiger partial charge on any atom is 0.287 e. The number of nitrogens with zero attached hydrogens (tertiary/aromatic N) is 3. The van der Waals surface area contributed by atoms with E-state index in [4.69, 9.17) is 9.52 Å². The fraction of sp³-hybridized carbons (Fsp3) is 0.562. The van der Waals surface area contributed by atoms with E-state index in [0.29, 0.717) is 18.1 Å². The van der Waals surface area contributed by atoms with E-state index in [1.807, 2.05) is 13.1 Å². The summed E-state index contributed by atoms with van der Waals surface area (Å²) in [7, 11) is 0. The number of furan rings is 1. The van der Waals surface area contributed by atoms with E-state index in [2.05, 4.69) is 15.6 Å². The molecule has 0 unspecified atom stereocenters. The molecule has 2 aromatic rings. The summed E-state index contributed by atoms with van der Waals surface area (Å²) in [5.41, 5.74) is 1.64. The van der Waals surface area contributed by atoms with E-state index >= 15 is 0 Å². The Bertz CT molecular complexity index is 664. The summed E-state index contributed by atoms with van der Waals surface area (Å²) in [6, 6.07) is 1.91. The van der Waals surface area contributed by atoms with Gasteiger partial charge in [0.2, 0.25) is 0 Å². The van der Waals surface area contributed by atoms with Gasteiger partial charge in [-0.25, -0.2) is 0 Å². The van der Waals surface area contributed by atoms with Crippen LogP contribution in [0.15, 0.2) is 22.9 Å². The Morgan fingerprint density at radius 3 is 3.13 bits per heavy atom. The standard InChI is InChI=1S/C16H22N4O3/c1-11-6-8-23-15(11)16(22)17-14-4-2-3-12(14)9-20-10-13(5-7-21)18-19-20/h6,8,10,12,14,21H,2-5,7,9H2,1H3,(H,17,22)/t12-,14-/m1/s1. The molecule has 7 nitrogen and oxygen atoms in total. The zero-order valence-electron chi connectivity index (χ0n) is 13.2. The minimum absolute atomic E-state index is 0.0727. The van der Waals surface area contributed by atoms with Gasteiger partial charge in [-0.05, 0) is 31.7 Å². The molecule has 7 heteroatoms. The summed E-state index contributed by atoms with van der Waals surface area (Å²) >= 11 is 0. The molecule has 1 aliphatic carbocycles. The maximum atomic E-state index is 12.3. The third kappa shape index (κ3) is 3.61. The first-order valence-corrected chi connectivity index (χ1v) is 8.02. The highest BCUT2D eigenvalue weighted by Crippen LogP contribution is 2.27. The van der Waals surface area contributed by atoms with Crippen LogP contribution in [0.4, 0.5) is 0 Å². The number of aliphatic hydroxyl groups is 1. The highest BCUT2D eigenvalue weighted by atomic mass is 16.3. The molecule has 0 bridgehead atoms. The zero-order valence-corrected chi connectivity index (χ0v) is 13.2. The highest BCUT2D eigenvalue weighted by molar-refractivity contribution is 5.93. The van der Waals surface area contributed by atoms with E-state index in [-0.39, 0.29) is 18.6 Å². The van der Waals surface area contributed by atoms with Crippen molar-refractivity contribution in [3.8, 4) is 0 Å². The van der Waals surface area contributed by atoms with Gasteiger partial charge in [-0.2, -0.15) is 0 Å². The first-order valence-electron chi connectivity index (χ1n) is 8.02. The van der Waals surface area contributed by atoms with Gasteiger partial charge in [-0.15, -0.1) is 5.10 Å². The zero-order chi connectivity index (χ0) is 16.2. The third-order valence-electron chi connectivity index (χ3n) is 4.42. The van der Waals surface area contributed by atoms with Gasteiger partial charge >= 0.3 is 0 Å². The minimum Gasteiger partial charge on any atom is -0.459 e. The van der Waals surface area contributed by atoms with Gasteiger partial charge < -0.3 is 14.8 Å². The van der Waals surface area contributed by atoms with Crippen LogP contribution in [0.3, 0.4) is 0 Å². The van der Waals surface area contributed by atoms with Crippen molar-refractivity contribution in [3.05, 3.63) is 35.5 Å². The summed E-state index contributed by atoms with van der Waals surface area (Å²) in [5.74, 6) is 0.573. The van der Waals surface area contributed by atoms with Crippen LogP contribution >= 0.6 is 0 Å². The molecule has 1 amide bonds. The van der Waals surface area contributed by atoms with Crippen LogP contribution in [0.2, 0.25) is 0 Å². The Morgan fingerprint density at radius 1 is 1.52 bits per heavy atom. The molecule has 124 valence electrons. The smallest absolute Gasteiger partial charge is 0.287 e. The Kier molecular flexibility index (Phi) is 4.76. The van der Waals surface area contributed by atoms with Crippen molar-refractivity contribution in [1.82, 2.24) is 20.3 Å². The average Bonchev–Trinajstić information content (AvgIpc) is 3.23. The number of carbonyl (C=O) groups is 1. The molecule has 1 aliphatic rings. The van der Waals surface area contributed by atoms with Gasteiger partial charge in [0.15, 0.2) is 5.76 Å². The maximum absolute atomic E-state index is 12.3. The number of hydrogen-bond acceptors (Lipinski definition) is 5. The average molecular weight is 318 g/mol. The first kappa shape index (κ1) is 15.7. The summed E-state index contributed by atoms with van der Waals surface area (Å²) in [6.45, 7) is 2.66. The summed E-state index contributed by atoms with van der Waals surface area (Å²) in [5, 5.41) is 20.2. The molecule has 1 saturated carbocycles. The summed E-state index contributed by atoms with van der Waals surface area (Å²) in [4.78, 5) is 12.3. The van der Waals surface area contributed by atoms with Crippen molar-refractivity contribution >= 4 is 5.91 Å². The van der Waals surface area contributed by atoms with Crippen LogP contribution in [-0.4, -0.2) is 38.7 Å². The molecule has 1 fully saturated rings. The summed E-state index contributed by atoms with van der Waals surface area (Å²) in [6.07, 6.45) is 7.03. The van der Waals surface area contributed by atoms with Gasteiger partial charge in [0.25, 0.3) is 5.91 Å². The lowest BCUT2D eigenvalue weighted by Gasteiger charge is -2.20. The van der Waals surface area contributed by atoms with Crippen molar-refractivity contribution in [3.63, 3.8) is 0 Å². The van der Waals surface area contributed by atoms with Gasteiger partial charge in [0, 0.05) is 37.4 Å². The van der Waals surface area contributed by atoms with Crippen LogP contribution in [0.25, 0.3) is 0 Å². The molecule has 0 aromatic carbocycles. The Morgan fingerprint density at radius 2 is 2.39 bits per heavy atom. The van der Waals surface area contributed by atoms with Crippen molar-refractivity contribution in [2.24, 2.45) is 5.92 Å². The predicted octanol–water partition coefficient (Wildman–Crippen LogP) is 1.31. The Labute approximate surface area is 134 Å². The number of carbonyl (C=O) groups excluding carboxylic acids is 1. The Balaban J connectivity index is 1.61. The fourth-order valence-corrected chi connectivity index (χ4v) is 3.18. The minimum atomic E-state index is -0.149. The SMILES string of the molecule is Cc1ccoc1C(=O)N[C@@H]1CCC[C@@H]1Cn1cc(CCO)nn1. The van der Waals surface area contributed by atoms with E-state index < -0.39 is 0 Å². The van der Waals surface area contributed by atoms with E-state index in [1.165, 1.54) is 6.26 Å². The molecule has 2 aromatic heterocycles. The van der Waals surface area contributed by atoms with Crippen LogP contribution < -0.4 is 5.32 Å². The number of rotatable bonds is 6. The Hall–Kier alpha value is -2.15. The van der Waals surface area contributed by atoms with Crippen LogP contribution in [-0.2, 0) is 13.0 Å². The molecule has 23 heavy (non-hydrogen) atoms. The van der Waals surface area contributed by atoms with E-state index in [1.54, 1.807) is 10.7 Å². The molecule has 2 heterocycles. The molecule has 3 rings (SSSR count). The fourth-order valence-electron chi connectivity index (χ4n) is 3.18. The largest absolute Gasteiger partial charge is 0.459 e. The highest BCUT2D eigenvalue weighted by Gasteiger charge is 2.30. The van der Waals surface area contributed by atoms with Crippen LogP contribution in [0, 0.1) is 12.8 Å². The normalized spacial score (nSPS) is 20.8. The molecule has 0 saturated heterocycles. The monoisotopic (exact) mass is 318 g/mol. The van der Waals surface area contributed by atoms with Crippen LogP contribution in [0.1, 0.15) is 41.1 Å². The number of aromatic nitrogens is 3. The molecule has 2 atom stereocenters. The lowest BCUT2D eigenvalue weighted by Crippen LogP contribution is -2.38. The first-order chi connectivity index (χ1) is 11.2. The van der Waals surface area contributed by atoms with Gasteiger partial charge in [0.1, 0.15) is 0 Å². The molecule has 0 aliphatic heterocycles. The van der Waals surface area contributed by atoms with Gasteiger partial charge in [-0.3, -0.25) is 9.48 Å². The number of aryl methyl sites for hydroxylation is 1. The van der Waals surface area contributed by atoms with E-state index in [0.717, 1.165) is 37.1 Å². The lowest BCUT2D eigenvalue weighted by atomic mass is 10.0. The van der Waals surface area contributed by atoms with Crippen molar-refractivity contribution in [2.75, 3.05) is 6.61 Å². The van der Waals surface area contributed by atoms with Crippen LogP contribution in [0.5, 0.6) is 0 Å². The molecule has 2 N–H and O–H groups in total. The molecule has 0 spiro atoms. The predicted molar refractivity (Wildman–Crippen MR) is 82.9 cm³/mol. The second-order valence-electron chi connectivity index (χ2n) is 6.11. The lowest BCUT2D eigenvalue weighted by molar-refractivity contribution is 0.0896. The number of aliphatic hydroxyl groups excluding tert-OH is 1. The van der Waals surface area contributed by atoms with Crippen molar-refractivity contribution < 1.29 is 14.3 Å². The quantitative estimate of drug-likeness (QED) is 0.838. The second-order valence-corrected chi connectivity index (χ2v) is 6.11. The van der Waals surface area contributed by atoms with Gasteiger partial charge in [0.05, 0.1) is 12.0 Å². The topological polar surface area (TPSA) is 93.2 Å². The molecular weight excluding hydrogens is 296 g/mol. The number of nitrogens with one attached hydrogen (secondary N) is 1. The van der Waals surface area contributed by atoms with Gasteiger partial charge in [-0.1, -0.05) is 11.6 Å². The van der Waals surface area contributed by atoms with Crippen molar-refractivity contribution in [1.29, 1.82) is 0 Å². The summed E-state index contributed by atoms with van der Waals surface area (Å²) < 4.78 is 7.06. The number of hydrogen-bond donors (Lipinski definition) is 2.